The highest BCUT2D eigenvalue weighted by molar-refractivity contribution is 7.09. The highest BCUT2D eigenvalue weighted by atomic mass is 32.1. The van der Waals surface area contributed by atoms with Gasteiger partial charge in [0.05, 0.1) is 17.8 Å². The van der Waals surface area contributed by atoms with Crippen LogP contribution in [0, 0.1) is 6.92 Å². The molecule has 3 heterocycles. The lowest BCUT2D eigenvalue weighted by Crippen LogP contribution is -2.39. The number of hydrogen-bond acceptors (Lipinski definition) is 6. The molecule has 0 unspecified atom stereocenters. The normalized spacial score (nSPS) is 19.9. The van der Waals surface area contributed by atoms with Crippen molar-refractivity contribution in [2.24, 2.45) is 0 Å². The third-order valence-electron chi connectivity index (χ3n) is 3.99. The van der Waals surface area contributed by atoms with Gasteiger partial charge in [0.1, 0.15) is 6.10 Å². The van der Waals surface area contributed by atoms with Crippen LogP contribution in [0.1, 0.15) is 48.1 Å². The van der Waals surface area contributed by atoms with Crippen LogP contribution < -0.4 is 0 Å². The highest BCUT2D eigenvalue weighted by Gasteiger charge is 2.25. The lowest BCUT2D eigenvalue weighted by molar-refractivity contribution is -0.0337. The van der Waals surface area contributed by atoms with Crippen molar-refractivity contribution in [3.8, 4) is 0 Å². The quantitative estimate of drug-likeness (QED) is 0.915. The van der Waals surface area contributed by atoms with Gasteiger partial charge in [-0.3, -0.25) is 10.00 Å². The summed E-state index contributed by atoms with van der Waals surface area (Å²) in [7, 11) is 0. The Labute approximate surface area is 134 Å². The Morgan fingerprint density at radius 2 is 2.36 bits per heavy atom. The minimum absolute atomic E-state index is 0.00342. The number of ether oxygens (including phenoxy) is 1. The fourth-order valence-corrected chi connectivity index (χ4v) is 3.36. The van der Waals surface area contributed by atoms with Gasteiger partial charge in [0, 0.05) is 30.4 Å². The molecule has 0 spiro atoms. The number of aromatic nitrogens is 4. The van der Waals surface area contributed by atoms with E-state index < -0.39 is 0 Å². The number of aromatic amines is 1. The van der Waals surface area contributed by atoms with Crippen molar-refractivity contribution in [3.63, 3.8) is 0 Å². The van der Waals surface area contributed by atoms with Crippen LogP contribution in [0.15, 0.2) is 5.51 Å². The number of aryl methyl sites for hydroxylation is 1. The van der Waals surface area contributed by atoms with Gasteiger partial charge in [-0.25, -0.2) is 9.97 Å². The first-order valence-electron chi connectivity index (χ1n) is 7.78. The van der Waals surface area contributed by atoms with Crippen molar-refractivity contribution in [1.29, 1.82) is 0 Å². The molecular formula is C15H23N5OS. The summed E-state index contributed by atoms with van der Waals surface area (Å²) in [5.74, 6) is 2.04. The Balaban J connectivity index is 1.57. The number of H-pyrrole nitrogens is 1. The van der Waals surface area contributed by atoms with Crippen molar-refractivity contribution >= 4 is 11.3 Å². The van der Waals surface area contributed by atoms with E-state index >= 15 is 0 Å². The van der Waals surface area contributed by atoms with Gasteiger partial charge in [-0.1, -0.05) is 13.8 Å². The second-order valence-corrected chi connectivity index (χ2v) is 6.94. The van der Waals surface area contributed by atoms with Crippen molar-refractivity contribution in [2.45, 2.75) is 39.2 Å². The minimum Gasteiger partial charge on any atom is -0.368 e. The van der Waals surface area contributed by atoms with Gasteiger partial charge in [-0.2, -0.15) is 5.10 Å². The summed E-state index contributed by atoms with van der Waals surface area (Å²) >= 11 is 1.74. The first-order chi connectivity index (χ1) is 10.6. The summed E-state index contributed by atoms with van der Waals surface area (Å²) in [6.07, 6.45) is 1.05. The fourth-order valence-electron chi connectivity index (χ4n) is 2.59. The Morgan fingerprint density at radius 1 is 1.50 bits per heavy atom. The van der Waals surface area contributed by atoms with E-state index in [2.05, 4.69) is 45.8 Å². The average molecular weight is 321 g/mol. The van der Waals surface area contributed by atoms with Crippen LogP contribution in [0.4, 0.5) is 0 Å². The third-order valence-corrected chi connectivity index (χ3v) is 4.99. The highest BCUT2D eigenvalue weighted by Crippen LogP contribution is 2.21. The number of nitrogens with zero attached hydrogens (tertiary/aromatic N) is 4. The molecule has 1 aliphatic heterocycles. The van der Waals surface area contributed by atoms with Crippen LogP contribution in [-0.4, -0.2) is 51.3 Å². The summed E-state index contributed by atoms with van der Waals surface area (Å²) < 4.78 is 5.86. The van der Waals surface area contributed by atoms with E-state index in [1.807, 2.05) is 5.51 Å². The number of hydrogen-bond donors (Lipinski definition) is 1. The largest absolute Gasteiger partial charge is 0.368 e. The van der Waals surface area contributed by atoms with Crippen molar-refractivity contribution in [2.75, 3.05) is 26.2 Å². The number of nitrogens with one attached hydrogen (secondary N) is 1. The smallest absolute Gasteiger partial charge is 0.155 e. The maximum Gasteiger partial charge on any atom is 0.155 e. The summed E-state index contributed by atoms with van der Waals surface area (Å²) in [6.45, 7) is 9.88. The van der Waals surface area contributed by atoms with Crippen molar-refractivity contribution in [3.05, 3.63) is 27.7 Å². The van der Waals surface area contributed by atoms with Gasteiger partial charge in [0.25, 0.3) is 0 Å². The molecule has 1 fully saturated rings. The molecule has 1 atom stereocenters. The Hall–Kier alpha value is -1.31. The van der Waals surface area contributed by atoms with E-state index in [1.165, 1.54) is 4.88 Å². The molecule has 1 saturated heterocycles. The monoisotopic (exact) mass is 321 g/mol. The first kappa shape index (κ1) is 15.6. The summed E-state index contributed by atoms with van der Waals surface area (Å²) in [6, 6.07) is 0. The molecule has 0 radical (unpaired) electrons. The molecule has 0 saturated carbocycles. The maximum absolute atomic E-state index is 5.86. The molecule has 7 heteroatoms. The number of thiazole rings is 1. The lowest BCUT2D eigenvalue weighted by Gasteiger charge is -2.31. The van der Waals surface area contributed by atoms with E-state index in [0.29, 0.717) is 5.92 Å². The predicted molar refractivity (Wildman–Crippen MR) is 86.2 cm³/mol. The molecule has 2 aromatic heterocycles. The van der Waals surface area contributed by atoms with Crippen LogP contribution in [0.3, 0.4) is 0 Å². The van der Waals surface area contributed by atoms with Gasteiger partial charge in [0.15, 0.2) is 11.6 Å². The van der Waals surface area contributed by atoms with E-state index in [9.17, 15) is 0 Å². The number of rotatable bonds is 5. The summed E-state index contributed by atoms with van der Waals surface area (Å²) in [4.78, 5) is 12.7. The van der Waals surface area contributed by atoms with Crippen LogP contribution >= 0.6 is 11.3 Å². The van der Waals surface area contributed by atoms with Crippen LogP contribution in [0.2, 0.25) is 0 Å². The van der Waals surface area contributed by atoms with Gasteiger partial charge in [-0.15, -0.1) is 11.3 Å². The first-order valence-corrected chi connectivity index (χ1v) is 8.66. The second-order valence-electron chi connectivity index (χ2n) is 6.00. The topological polar surface area (TPSA) is 66.9 Å². The van der Waals surface area contributed by atoms with Gasteiger partial charge < -0.3 is 4.74 Å². The minimum atomic E-state index is -0.00342. The molecule has 0 aliphatic carbocycles. The van der Waals surface area contributed by atoms with Gasteiger partial charge in [0.2, 0.25) is 0 Å². The molecule has 1 N–H and O–H groups in total. The molecule has 120 valence electrons. The molecule has 1 aliphatic rings. The Kier molecular flexibility index (Phi) is 4.85. The Morgan fingerprint density at radius 3 is 3.05 bits per heavy atom. The van der Waals surface area contributed by atoms with Gasteiger partial charge in [-0.05, 0) is 13.3 Å². The molecular weight excluding hydrogens is 298 g/mol. The van der Waals surface area contributed by atoms with Crippen molar-refractivity contribution in [1.82, 2.24) is 25.1 Å². The second kappa shape index (κ2) is 6.85. The van der Waals surface area contributed by atoms with Crippen molar-refractivity contribution < 1.29 is 4.74 Å². The third kappa shape index (κ3) is 3.53. The number of morpholine rings is 1. The Bertz CT molecular complexity index is 609. The van der Waals surface area contributed by atoms with E-state index in [4.69, 9.17) is 4.74 Å². The lowest BCUT2D eigenvalue weighted by atomic mass is 10.2. The average Bonchev–Trinajstić information content (AvgIpc) is 3.14. The molecule has 0 bridgehead atoms. The SMILES string of the molecule is Cc1ncsc1CCN1CCO[C@H](c2nc(C(C)C)n[nH]2)C1. The molecule has 3 rings (SSSR count). The van der Waals surface area contributed by atoms with Crippen LogP contribution in [-0.2, 0) is 11.2 Å². The fraction of sp³-hybridized carbons (Fsp3) is 0.667. The molecule has 2 aromatic rings. The van der Waals surface area contributed by atoms with Crippen LogP contribution in [0.5, 0.6) is 0 Å². The maximum atomic E-state index is 5.86. The van der Waals surface area contributed by atoms with E-state index in [0.717, 1.165) is 50.0 Å². The summed E-state index contributed by atoms with van der Waals surface area (Å²) in [5, 5.41) is 7.31. The standard InChI is InChI=1S/C15H23N5OS/c1-10(2)14-17-15(19-18-14)12-8-20(6-7-21-12)5-4-13-11(3)16-9-22-13/h9-10,12H,4-8H2,1-3H3,(H,17,18,19)/t12-/m0/s1. The summed E-state index contributed by atoms with van der Waals surface area (Å²) in [5.41, 5.74) is 3.08. The molecule has 22 heavy (non-hydrogen) atoms. The van der Waals surface area contributed by atoms with E-state index in [-0.39, 0.29) is 6.10 Å². The van der Waals surface area contributed by atoms with Gasteiger partial charge >= 0.3 is 0 Å². The zero-order valence-electron chi connectivity index (χ0n) is 13.4. The van der Waals surface area contributed by atoms with Crippen LogP contribution in [0.25, 0.3) is 0 Å². The molecule has 6 nitrogen and oxygen atoms in total. The van der Waals surface area contributed by atoms with E-state index in [1.54, 1.807) is 11.3 Å². The zero-order chi connectivity index (χ0) is 15.5. The molecule has 0 amide bonds. The predicted octanol–water partition coefficient (Wildman–Crippen LogP) is 2.31. The zero-order valence-corrected chi connectivity index (χ0v) is 14.2. The molecule has 0 aromatic carbocycles.